The van der Waals surface area contributed by atoms with Gasteiger partial charge in [-0.05, 0) is 81.2 Å². The Kier molecular flexibility index (Phi) is 6.86. The fraction of sp³-hybridized carbons (Fsp3) is 0.0588. The zero-order valence-electron chi connectivity index (χ0n) is 30.5. The molecule has 0 unspecified atom stereocenters. The van der Waals surface area contributed by atoms with Gasteiger partial charge in [0.25, 0.3) is 0 Å². The molecule has 0 atom stereocenters. The van der Waals surface area contributed by atoms with Crippen molar-refractivity contribution in [2.45, 2.75) is 19.3 Å². The van der Waals surface area contributed by atoms with Crippen molar-refractivity contribution in [2.24, 2.45) is 0 Å². The fourth-order valence-corrected chi connectivity index (χ4v) is 8.77. The number of hydrogen-bond donors (Lipinski definition) is 0. The number of anilines is 3. The number of hydrogen-bond acceptors (Lipinski definition) is 4. The molecule has 11 rings (SSSR count). The molecular formula is C51H35N3O. The van der Waals surface area contributed by atoms with Gasteiger partial charge in [0, 0.05) is 43.9 Å². The van der Waals surface area contributed by atoms with Gasteiger partial charge in [-0.3, -0.25) is 4.90 Å². The second kappa shape index (κ2) is 12.0. The zero-order valence-corrected chi connectivity index (χ0v) is 30.5. The van der Waals surface area contributed by atoms with E-state index in [1.54, 1.807) is 0 Å². The summed E-state index contributed by atoms with van der Waals surface area (Å²) in [5, 5.41) is 5.36. The summed E-state index contributed by atoms with van der Waals surface area (Å²) in [5.74, 6) is 0.602. The summed E-state index contributed by atoms with van der Waals surface area (Å²) in [7, 11) is 0. The number of furan rings is 1. The predicted molar refractivity (Wildman–Crippen MR) is 227 cm³/mol. The van der Waals surface area contributed by atoms with E-state index in [4.69, 9.17) is 14.4 Å². The Morgan fingerprint density at radius 3 is 2.05 bits per heavy atom. The van der Waals surface area contributed by atoms with Crippen LogP contribution in [0.3, 0.4) is 0 Å². The second-order valence-corrected chi connectivity index (χ2v) is 15.0. The van der Waals surface area contributed by atoms with Crippen molar-refractivity contribution in [1.29, 1.82) is 0 Å². The second-order valence-electron chi connectivity index (χ2n) is 15.0. The highest BCUT2D eigenvalue weighted by molar-refractivity contribution is 6.20. The van der Waals surface area contributed by atoms with Gasteiger partial charge in [0.15, 0.2) is 0 Å². The molecule has 1 aliphatic carbocycles. The molecule has 2 heterocycles. The smallest absolute Gasteiger partial charge is 0.235 e. The largest absolute Gasteiger partial charge is 0.455 e. The molecule has 0 amide bonds. The van der Waals surface area contributed by atoms with Gasteiger partial charge in [0.2, 0.25) is 5.95 Å². The molecule has 4 heteroatoms. The highest BCUT2D eigenvalue weighted by Crippen LogP contribution is 2.51. The first-order valence-electron chi connectivity index (χ1n) is 18.8. The van der Waals surface area contributed by atoms with E-state index in [2.05, 4.69) is 195 Å². The van der Waals surface area contributed by atoms with Crippen molar-refractivity contribution >= 4 is 60.9 Å². The first-order chi connectivity index (χ1) is 27.0. The number of para-hydroxylation sites is 1. The van der Waals surface area contributed by atoms with E-state index in [1.807, 2.05) is 0 Å². The lowest BCUT2D eigenvalue weighted by molar-refractivity contribution is 0.660. The first-order valence-corrected chi connectivity index (χ1v) is 18.8. The summed E-state index contributed by atoms with van der Waals surface area (Å²) in [6.45, 7) is 4.65. The van der Waals surface area contributed by atoms with Crippen molar-refractivity contribution in [3.8, 4) is 33.5 Å². The number of nitrogens with zero attached hydrogens (tertiary/aromatic N) is 3. The third kappa shape index (κ3) is 4.85. The normalized spacial score (nSPS) is 13.1. The van der Waals surface area contributed by atoms with Gasteiger partial charge in [-0.25, -0.2) is 9.97 Å². The van der Waals surface area contributed by atoms with Crippen molar-refractivity contribution in [2.75, 3.05) is 4.90 Å². The highest BCUT2D eigenvalue weighted by atomic mass is 16.3. The summed E-state index contributed by atoms with van der Waals surface area (Å²) < 4.78 is 6.64. The number of rotatable bonds is 5. The van der Waals surface area contributed by atoms with E-state index in [9.17, 15) is 0 Å². The van der Waals surface area contributed by atoms with E-state index in [1.165, 1.54) is 27.8 Å². The lowest BCUT2D eigenvalue weighted by Gasteiger charge is -2.27. The maximum absolute atomic E-state index is 6.64. The number of aromatic nitrogens is 2. The van der Waals surface area contributed by atoms with Crippen LogP contribution in [0.15, 0.2) is 180 Å². The Morgan fingerprint density at radius 2 is 1.18 bits per heavy atom. The Labute approximate surface area is 319 Å². The Bertz CT molecular complexity index is 3120. The lowest BCUT2D eigenvalue weighted by atomic mass is 9.82. The van der Waals surface area contributed by atoms with E-state index >= 15 is 0 Å². The Balaban J connectivity index is 1.15. The standard InChI is InChI=1S/C51H35N3O/c1-51(2)43-20-10-8-17-38(43)39-30-28-36(31-44(39)51)54(35-26-23-33(24-27-35)32-13-4-3-5-14-32)50-52-45-21-11-9-18-40(45)48(53-50)41-19-12-22-46-47(41)42-29-25-34-15-6-7-16-37(34)49(42)55-46/h3-31H,1-2H3. The quantitative estimate of drug-likeness (QED) is 0.179. The lowest BCUT2D eigenvalue weighted by Crippen LogP contribution is -2.17. The third-order valence-electron chi connectivity index (χ3n) is 11.5. The van der Waals surface area contributed by atoms with Gasteiger partial charge < -0.3 is 4.42 Å². The van der Waals surface area contributed by atoms with Crippen molar-refractivity contribution in [3.05, 3.63) is 187 Å². The monoisotopic (exact) mass is 705 g/mol. The fourth-order valence-electron chi connectivity index (χ4n) is 8.77. The van der Waals surface area contributed by atoms with Crippen molar-refractivity contribution in [3.63, 3.8) is 0 Å². The molecule has 0 radical (unpaired) electrons. The molecule has 0 aliphatic heterocycles. The summed E-state index contributed by atoms with van der Waals surface area (Å²) in [4.78, 5) is 13.1. The van der Waals surface area contributed by atoms with E-state index in [0.717, 1.165) is 71.8 Å². The molecular weight excluding hydrogens is 671 g/mol. The molecule has 2 aromatic heterocycles. The highest BCUT2D eigenvalue weighted by Gasteiger charge is 2.36. The van der Waals surface area contributed by atoms with Crippen LogP contribution in [0, 0.1) is 0 Å². The van der Waals surface area contributed by atoms with Crippen LogP contribution < -0.4 is 4.90 Å². The molecule has 260 valence electrons. The number of benzene rings is 8. The van der Waals surface area contributed by atoms with Crippen LogP contribution in [-0.2, 0) is 5.41 Å². The summed E-state index contributed by atoms with van der Waals surface area (Å²) in [6, 6.07) is 62.3. The molecule has 0 spiro atoms. The Hall–Kier alpha value is -7.04. The van der Waals surface area contributed by atoms with Crippen LogP contribution in [0.25, 0.3) is 77.1 Å². The zero-order chi connectivity index (χ0) is 36.7. The molecule has 0 fully saturated rings. The third-order valence-corrected chi connectivity index (χ3v) is 11.5. The van der Waals surface area contributed by atoms with Crippen LogP contribution in [0.5, 0.6) is 0 Å². The minimum absolute atomic E-state index is 0.164. The van der Waals surface area contributed by atoms with Crippen LogP contribution in [0.4, 0.5) is 17.3 Å². The topological polar surface area (TPSA) is 42.2 Å². The molecule has 1 aliphatic rings. The SMILES string of the molecule is CC1(C)c2ccccc2-c2ccc(N(c3ccc(-c4ccccc4)cc3)c3nc(-c4cccc5oc6c7ccccc7ccc6c45)c4ccccc4n3)cc21. The van der Waals surface area contributed by atoms with Gasteiger partial charge in [-0.2, -0.15) is 0 Å². The van der Waals surface area contributed by atoms with Gasteiger partial charge >= 0.3 is 0 Å². The summed E-state index contributed by atoms with van der Waals surface area (Å²) in [6.07, 6.45) is 0. The van der Waals surface area contributed by atoms with E-state index in [-0.39, 0.29) is 5.41 Å². The molecule has 0 saturated heterocycles. The van der Waals surface area contributed by atoms with Crippen LogP contribution in [-0.4, -0.2) is 9.97 Å². The van der Waals surface area contributed by atoms with Gasteiger partial charge in [0.1, 0.15) is 11.2 Å². The van der Waals surface area contributed by atoms with E-state index < -0.39 is 0 Å². The molecule has 10 aromatic rings. The van der Waals surface area contributed by atoms with Crippen LogP contribution in [0.2, 0.25) is 0 Å². The average Bonchev–Trinajstić information content (AvgIpc) is 3.74. The maximum atomic E-state index is 6.64. The molecule has 55 heavy (non-hydrogen) atoms. The van der Waals surface area contributed by atoms with Crippen molar-refractivity contribution < 1.29 is 4.42 Å². The molecule has 8 aromatic carbocycles. The van der Waals surface area contributed by atoms with Crippen LogP contribution in [0.1, 0.15) is 25.0 Å². The molecule has 0 bridgehead atoms. The first kappa shape index (κ1) is 31.5. The van der Waals surface area contributed by atoms with E-state index in [0.29, 0.717) is 5.95 Å². The van der Waals surface area contributed by atoms with Crippen LogP contribution >= 0.6 is 0 Å². The minimum Gasteiger partial charge on any atom is -0.455 e. The van der Waals surface area contributed by atoms with Gasteiger partial charge in [0.05, 0.1) is 11.2 Å². The minimum atomic E-state index is -0.164. The van der Waals surface area contributed by atoms with Gasteiger partial charge in [-0.15, -0.1) is 0 Å². The predicted octanol–water partition coefficient (Wildman–Crippen LogP) is 13.8. The Morgan fingerprint density at radius 1 is 0.491 bits per heavy atom. The molecule has 4 nitrogen and oxygen atoms in total. The van der Waals surface area contributed by atoms with Crippen molar-refractivity contribution in [1.82, 2.24) is 9.97 Å². The molecule has 0 saturated carbocycles. The van der Waals surface area contributed by atoms with Gasteiger partial charge in [-0.1, -0.05) is 147 Å². The maximum Gasteiger partial charge on any atom is 0.235 e. The average molecular weight is 706 g/mol. The summed E-state index contributed by atoms with van der Waals surface area (Å²) >= 11 is 0. The summed E-state index contributed by atoms with van der Waals surface area (Å²) in [5.41, 5.74) is 13.8. The molecule has 0 N–H and O–H groups in total. The number of fused-ring (bicyclic) bond motifs is 9.